The second-order valence-electron chi connectivity index (χ2n) is 5.52. The summed E-state index contributed by atoms with van der Waals surface area (Å²) in [6, 6.07) is 12.7. The number of nitrogens with zero attached hydrogens (tertiary/aromatic N) is 3. The summed E-state index contributed by atoms with van der Waals surface area (Å²) in [6.07, 6.45) is 1.84. The molecule has 0 fully saturated rings. The maximum Gasteiger partial charge on any atom is 0.281 e. The molecule has 3 N–H and O–H groups in total. The Morgan fingerprint density at radius 3 is 2.81 bits per heavy atom. The highest BCUT2D eigenvalue weighted by Crippen LogP contribution is 2.27. The van der Waals surface area contributed by atoms with Gasteiger partial charge in [0.05, 0.1) is 11.3 Å². The van der Waals surface area contributed by atoms with Gasteiger partial charge in [-0.05, 0) is 30.7 Å². The minimum absolute atomic E-state index is 0.275. The molecule has 3 aromatic rings. The number of carbonyl (C=O) groups excluding carboxylic acids is 1. The van der Waals surface area contributed by atoms with E-state index in [0.29, 0.717) is 17.0 Å². The van der Waals surface area contributed by atoms with E-state index in [1.165, 1.54) is 24.4 Å². The average Bonchev–Trinajstić information content (AvgIpc) is 3.18. The zero-order valence-electron chi connectivity index (χ0n) is 14.4. The van der Waals surface area contributed by atoms with Crippen molar-refractivity contribution in [1.82, 2.24) is 14.8 Å². The van der Waals surface area contributed by atoms with Crippen molar-refractivity contribution in [3.8, 4) is 5.75 Å². The van der Waals surface area contributed by atoms with E-state index in [1.54, 1.807) is 18.2 Å². The van der Waals surface area contributed by atoms with E-state index in [1.807, 2.05) is 31.2 Å². The van der Waals surface area contributed by atoms with Crippen LogP contribution in [-0.4, -0.2) is 34.2 Å². The molecular weight excluding hydrogens is 334 g/mol. The lowest BCUT2D eigenvalue weighted by atomic mass is 10.1. The molecule has 0 aliphatic heterocycles. The summed E-state index contributed by atoms with van der Waals surface area (Å²) in [5.41, 5.74) is 8.44. The van der Waals surface area contributed by atoms with Gasteiger partial charge in [0.2, 0.25) is 0 Å². The Morgan fingerprint density at radius 2 is 2.08 bits per heavy atom. The summed E-state index contributed by atoms with van der Waals surface area (Å²) in [5, 5.41) is 7.18. The number of carbonyl (C=O) groups is 1. The molecule has 1 unspecified atom stereocenters. The van der Waals surface area contributed by atoms with Gasteiger partial charge in [-0.1, -0.05) is 18.2 Å². The van der Waals surface area contributed by atoms with Crippen LogP contribution in [0.3, 0.4) is 0 Å². The van der Waals surface area contributed by atoms with Crippen LogP contribution in [0, 0.1) is 6.92 Å². The van der Waals surface area contributed by atoms with Crippen molar-refractivity contribution in [2.75, 3.05) is 12.4 Å². The molecule has 0 saturated heterocycles. The molecule has 0 amide bonds. The van der Waals surface area contributed by atoms with Crippen LogP contribution < -0.4 is 15.8 Å². The molecule has 1 aromatic heterocycles. The van der Waals surface area contributed by atoms with Crippen LogP contribution in [-0.2, 0) is 4.74 Å². The number of benzene rings is 2. The second-order valence-corrected chi connectivity index (χ2v) is 5.52. The van der Waals surface area contributed by atoms with Gasteiger partial charge in [0.25, 0.3) is 12.3 Å². The molecule has 0 radical (unpaired) electrons. The van der Waals surface area contributed by atoms with E-state index in [-0.39, 0.29) is 5.91 Å². The SMILES string of the molecule is COC(N)Oc1cccc(Nc2c(C)cccc2C(=O)n2cncn2)c1. The number of hydrogen-bond donors (Lipinski definition) is 2. The van der Waals surface area contributed by atoms with E-state index >= 15 is 0 Å². The van der Waals surface area contributed by atoms with Crippen LogP contribution in [0.25, 0.3) is 0 Å². The van der Waals surface area contributed by atoms with Gasteiger partial charge in [-0.2, -0.15) is 9.78 Å². The Morgan fingerprint density at radius 1 is 1.27 bits per heavy atom. The highest BCUT2D eigenvalue weighted by molar-refractivity contribution is 6.01. The molecule has 26 heavy (non-hydrogen) atoms. The maximum absolute atomic E-state index is 12.7. The number of para-hydroxylation sites is 1. The largest absolute Gasteiger partial charge is 0.451 e. The Labute approximate surface area is 150 Å². The molecule has 2 aromatic carbocycles. The van der Waals surface area contributed by atoms with Gasteiger partial charge in [-0.25, -0.2) is 4.98 Å². The standard InChI is InChI=1S/C18H19N5O3/c1-12-5-3-8-15(17(24)23-11-20-10-21-23)16(12)22-13-6-4-7-14(9-13)26-18(19)25-2/h3-11,18,22H,19H2,1-2H3. The Balaban J connectivity index is 1.91. The third-order valence-corrected chi connectivity index (χ3v) is 3.72. The molecule has 1 atom stereocenters. The fourth-order valence-corrected chi connectivity index (χ4v) is 2.42. The maximum atomic E-state index is 12.7. The zero-order chi connectivity index (χ0) is 18.5. The first-order valence-corrected chi connectivity index (χ1v) is 7.89. The predicted octanol–water partition coefficient (Wildman–Crippen LogP) is 2.29. The number of anilines is 2. The van der Waals surface area contributed by atoms with E-state index in [4.69, 9.17) is 15.2 Å². The second kappa shape index (κ2) is 7.77. The minimum Gasteiger partial charge on any atom is -0.451 e. The third kappa shape index (κ3) is 3.88. The van der Waals surface area contributed by atoms with Gasteiger partial charge >= 0.3 is 0 Å². The van der Waals surface area contributed by atoms with Crippen molar-refractivity contribution in [3.05, 3.63) is 66.2 Å². The normalized spacial score (nSPS) is 11.8. The highest BCUT2D eigenvalue weighted by Gasteiger charge is 2.16. The number of methoxy groups -OCH3 is 1. The number of nitrogens with one attached hydrogen (secondary N) is 1. The van der Waals surface area contributed by atoms with Crippen molar-refractivity contribution < 1.29 is 14.3 Å². The van der Waals surface area contributed by atoms with Crippen LogP contribution in [0.5, 0.6) is 5.75 Å². The summed E-state index contributed by atoms with van der Waals surface area (Å²) < 4.78 is 11.5. The van der Waals surface area contributed by atoms with Crippen LogP contribution in [0.1, 0.15) is 15.9 Å². The van der Waals surface area contributed by atoms with Crippen molar-refractivity contribution in [2.45, 2.75) is 13.3 Å². The molecule has 134 valence electrons. The lowest BCUT2D eigenvalue weighted by Crippen LogP contribution is -2.28. The fraction of sp³-hybridized carbons (Fsp3) is 0.167. The quantitative estimate of drug-likeness (QED) is 0.655. The Bertz CT molecular complexity index is 896. The van der Waals surface area contributed by atoms with Crippen LogP contribution >= 0.6 is 0 Å². The topological polar surface area (TPSA) is 104 Å². The molecule has 0 aliphatic carbocycles. The van der Waals surface area contributed by atoms with Crippen LogP contribution in [0.15, 0.2) is 55.1 Å². The number of nitrogens with two attached hydrogens (primary N) is 1. The van der Waals surface area contributed by atoms with Gasteiger partial charge < -0.3 is 14.8 Å². The van der Waals surface area contributed by atoms with Gasteiger partial charge in [0.15, 0.2) is 0 Å². The molecule has 0 saturated carbocycles. The summed E-state index contributed by atoms with van der Waals surface area (Å²) in [6.45, 7) is 1.92. The van der Waals surface area contributed by atoms with Crippen molar-refractivity contribution in [1.29, 1.82) is 0 Å². The van der Waals surface area contributed by atoms with Crippen molar-refractivity contribution >= 4 is 17.3 Å². The van der Waals surface area contributed by atoms with Crippen LogP contribution in [0.2, 0.25) is 0 Å². The smallest absolute Gasteiger partial charge is 0.281 e. The summed E-state index contributed by atoms with van der Waals surface area (Å²) in [5.74, 6) is 0.268. The lowest BCUT2D eigenvalue weighted by molar-refractivity contribution is -0.0477. The molecule has 0 bridgehead atoms. The number of aryl methyl sites for hydroxylation is 1. The predicted molar refractivity (Wildman–Crippen MR) is 96.3 cm³/mol. The van der Waals surface area contributed by atoms with Crippen LogP contribution in [0.4, 0.5) is 11.4 Å². The lowest BCUT2D eigenvalue weighted by Gasteiger charge is -2.16. The molecule has 3 rings (SSSR count). The third-order valence-electron chi connectivity index (χ3n) is 3.72. The minimum atomic E-state index is -0.854. The van der Waals surface area contributed by atoms with E-state index in [9.17, 15) is 4.79 Å². The summed E-state index contributed by atoms with van der Waals surface area (Å²) in [7, 11) is 1.46. The Kier molecular flexibility index (Phi) is 5.26. The molecule has 8 nitrogen and oxygen atoms in total. The zero-order valence-corrected chi connectivity index (χ0v) is 14.4. The number of aromatic nitrogens is 3. The fourth-order valence-electron chi connectivity index (χ4n) is 2.42. The van der Waals surface area contributed by atoms with Gasteiger partial charge in [0, 0.05) is 18.9 Å². The monoisotopic (exact) mass is 353 g/mol. The van der Waals surface area contributed by atoms with Crippen molar-refractivity contribution in [2.24, 2.45) is 5.73 Å². The van der Waals surface area contributed by atoms with E-state index in [2.05, 4.69) is 15.4 Å². The van der Waals surface area contributed by atoms with Gasteiger partial charge in [-0.3, -0.25) is 10.5 Å². The number of hydrogen-bond acceptors (Lipinski definition) is 7. The van der Waals surface area contributed by atoms with E-state index in [0.717, 1.165) is 11.3 Å². The first kappa shape index (κ1) is 17.6. The highest BCUT2D eigenvalue weighted by atomic mass is 16.7. The van der Waals surface area contributed by atoms with Gasteiger partial charge in [-0.15, -0.1) is 0 Å². The first-order chi connectivity index (χ1) is 12.6. The summed E-state index contributed by atoms with van der Waals surface area (Å²) in [4.78, 5) is 16.5. The summed E-state index contributed by atoms with van der Waals surface area (Å²) >= 11 is 0. The molecule has 0 spiro atoms. The average molecular weight is 353 g/mol. The molecule has 1 heterocycles. The first-order valence-electron chi connectivity index (χ1n) is 7.89. The van der Waals surface area contributed by atoms with Crippen molar-refractivity contribution in [3.63, 3.8) is 0 Å². The Hall–Kier alpha value is -3.23. The molecule has 0 aliphatic rings. The van der Waals surface area contributed by atoms with Gasteiger partial charge in [0.1, 0.15) is 18.4 Å². The molecule has 8 heteroatoms. The molecular formula is C18H19N5O3. The number of ether oxygens (including phenoxy) is 2. The number of rotatable bonds is 6. The van der Waals surface area contributed by atoms with E-state index < -0.39 is 6.41 Å².